The van der Waals surface area contributed by atoms with Crippen LogP contribution >= 0.6 is 0 Å². The van der Waals surface area contributed by atoms with Gasteiger partial charge in [-0.3, -0.25) is 4.90 Å². The third-order valence-electron chi connectivity index (χ3n) is 4.10. The maximum Gasteiger partial charge on any atom is 0.322 e. The molecule has 1 N–H and O–H groups in total. The molecule has 6 heteroatoms. The van der Waals surface area contributed by atoms with Crippen molar-refractivity contribution in [3.8, 4) is 0 Å². The third kappa shape index (κ3) is 3.89. The number of para-hydroxylation sites is 1. The van der Waals surface area contributed by atoms with Gasteiger partial charge in [0.15, 0.2) is 0 Å². The highest BCUT2D eigenvalue weighted by Crippen LogP contribution is 2.19. The van der Waals surface area contributed by atoms with Gasteiger partial charge in [0.25, 0.3) is 0 Å². The minimum absolute atomic E-state index is 0.394. The number of halogens is 2. The van der Waals surface area contributed by atoms with E-state index in [4.69, 9.17) is 0 Å². The molecule has 2 aromatic rings. The summed E-state index contributed by atoms with van der Waals surface area (Å²) in [4.78, 5) is 16.0. The quantitative estimate of drug-likeness (QED) is 0.936. The highest BCUT2D eigenvalue weighted by molar-refractivity contribution is 5.89. The van der Waals surface area contributed by atoms with Crippen LogP contribution in [0, 0.1) is 11.6 Å². The summed E-state index contributed by atoms with van der Waals surface area (Å²) in [7, 11) is 0. The van der Waals surface area contributed by atoms with Crippen molar-refractivity contribution in [2.75, 3.05) is 31.5 Å². The summed E-state index contributed by atoms with van der Waals surface area (Å²) in [6, 6.07) is 13.2. The Kier molecular flexibility index (Phi) is 5.05. The summed E-state index contributed by atoms with van der Waals surface area (Å²) in [6.07, 6.45) is 0. The van der Waals surface area contributed by atoms with Crippen LogP contribution in [0.15, 0.2) is 48.5 Å². The predicted molar refractivity (Wildman–Crippen MR) is 88.7 cm³/mol. The normalized spacial score (nSPS) is 15.3. The minimum Gasteiger partial charge on any atom is -0.322 e. The Labute approximate surface area is 139 Å². The maximum atomic E-state index is 13.6. The molecule has 1 fully saturated rings. The molecule has 0 aliphatic carbocycles. The molecule has 2 aromatic carbocycles. The van der Waals surface area contributed by atoms with E-state index in [0.717, 1.165) is 31.8 Å². The van der Waals surface area contributed by atoms with Crippen LogP contribution in [-0.2, 0) is 6.54 Å². The summed E-state index contributed by atoms with van der Waals surface area (Å²) in [5, 5.41) is 2.33. The van der Waals surface area contributed by atoms with Gasteiger partial charge in [-0.1, -0.05) is 36.4 Å². The van der Waals surface area contributed by atoms with E-state index in [1.54, 1.807) is 4.90 Å². The summed E-state index contributed by atoms with van der Waals surface area (Å²) in [6.45, 7) is 3.33. The van der Waals surface area contributed by atoms with Gasteiger partial charge < -0.3 is 10.2 Å². The van der Waals surface area contributed by atoms with Gasteiger partial charge in [-0.25, -0.2) is 13.6 Å². The van der Waals surface area contributed by atoms with E-state index in [1.807, 2.05) is 18.2 Å². The van der Waals surface area contributed by atoms with Crippen LogP contribution in [0.2, 0.25) is 0 Å². The van der Waals surface area contributed by atoms with Gasteiger partial charge in [0.2, 0.25) is 0 Å². The van der Waals surface area contributed by atoms with E-state index >= 15 is 0 Å². The number of anilines is 1. The molecule has 0 bridgehead atoms. The summed E-state index contributed by atoms with van der Waals surface area (Å²) in [5.74, 6) is -1.54. The van der Waals surface area contributed by atoms with E-state index in [-0.39, 0.29) is 0 Å². The molecule has 24 heavy (non-hydrogen) atoms. The number of rotatable bonds is 3. The zero-order chi connectivity index (χ0) is 16.9. The third-order valence-corrected chi connectivity index (χ3v) is 4.10. The Balaban J connectivity index is 1.54. The highest BCUT2D eigenvalue weighted by atomic mass is 19.1. The fraction of sp³-hybridized carbons (Fsp3) is 0.278. The van der Waals surface area contributed by atoms with Crippen LogP contribution in [0.25, 0.3) is 0 Å². The van der Waals surface area contributed by atoms with Crippen molar-refractivity contribution < 1.29 is 13.6 Å². The van der Waals surface area contributed by atoms with Crippen molar-refractivity contribution in [1.82, 2.24) is 9.80 Å². The average molecular weight is 331 g/mol. The van der Waals surface area contributed by atoms with Crippen molar-refractivity contribution in [3.05, 3.63) is 65.7 Å². The molecule has 0 atom stereocenters. The number of urea groups is 1. The summed E-state index contributed by atoms with van der Waals surface area (Å²) >= 11 is 0. The largest absolute Gasteiger partial charge is 0.322 e. The first kappa shape index (κ1) is 16.4. The second-order valence-electron chi connectivity index (χ2n) is 5.78. The number of amides is 2. The van der Waals surface area contributed by atoms with Gasteiger partial charge in [-0.2, -0.15) is 0 Å². The lowest BCUT2D eigenvalue weighted by molar-refractivity contribution is 0.143. The van der Waals surface area contributed by atoms with E-state index in [9.17, 15) is 13.6 Å². The highest BCUT2D eigenvalue weighted by Gasteiger charge is 2.22. The molecule has 0 radical (unpaired) electrons. The number of carbonyl (C=O) groups excluding carboxylic acids is 1. The van der Waals surface area contributed by atoms with Crippen molar-refractivity contribution in [1.29, 1.82) is 0 Å². The first-order valence-electron chi connectivity index (χ1n) is 7.90. The van der Waals surface area contributed by atoms with Gasteiger partial charge >= 0.3 is 6.03 Å². The van der Waals surface area contributed by atoms with Crippen LogP contribution < -0.4 is 5.32 Å². The van der Waals surface area contributed by atoms with Crippen LogP contribution in [-0.4, -0.2) is 42.0 Å². The van der Waals surface area contributed by atoms with E-state index < -0.39 is 23.4 Å². The van der Waals surface area contributed by atoms with Crippen molar-refractivity contribution >= 4 is 11.7 Å². The minimum atomic E-state index is -0.772. The first-order valence-corrected chi connectivity index (χ1v) is 7.90. The number of carbonyl (C=O) groups is 1. The molecule has 1 heterocycles. The first-order chi connectivity index (χ1) is 11.6. The standard InChI is InChI=1S/C18H19F2N3O/c19-15-7-4-8-16(20)17(15)21-18(24)23-11-9-22(10-12-23)13-14-5-2-1-3-6-14/h1-8H,9-13H2,(H,21,24). The fourth-order valence-electron chi connectivity index (χ4n) is 2.75. The molecular weight excluding hydrogens is 312 g/mol. The average Bonchev–Trinajstić information content (AvgIpc) is 2.60. The van der Waals surface area contributed by atoms with Gasteiger partial charge in [0, 0.05) is 32.7 Å². The fourth-order valence-corrected chi connectivity index (χ4v) is 2.75. The van der Waals surface area contributed by atoms with E-state index in [1.165, 1.54) is 11.6 Å². The number of hydrogen-bond donors (Lipinski definition) is 1. The number of nitrogens with one attached hydrogen (secondary N) is 1. The van der Waals surface area contributed by atoms with Gasteiger partial charge in [-0.15, -0.1) is 0 Å². The Bertz CT molecular complexity index is 680. The SMILES string of the molecule is O=C(Nc1c(F)cccc1F)N1CCN(Cc2ccccc2)CC1. The lowest BCUT2D eigenvalue weighted by Crippen LogP contribution is -2.49. The molecule has 126 valence electrons. The van der Waals surface area contributed by atoms with Crippen LogP contribution in [0.5, 0.6) is 0 Å². The van der Waals surface area contributed by atoms with Crippen molar-refractivity contribution in [2.24, 2.45) is 0 Å². The smallest absolute Gasteiger partial charge is 0.322 e. The molecule has 4 nitrogen and oxygen atoms in total. The van der Waals surface area contributed by atoms with E-state index in [2.05, 4.69) is 22.3 Å². The maximum absolute atomic E-state index is 13.6. The second-order valence-corrected chi connectivity index (χ2v) is 5.78. The van der Waals surface area contributed by atoms with Crippen molar-refractivity contribution in [2.45, 2.75) is 6.54 Å². The Morgan fingerprint density at radius 3 is 2.17 bits per heavy atom. The molecule has 0 spiro atoms. The van der Waals surface area contributed by atoms with Crippen LogP contribution in [0.4, 0.5) is 19.3 Å². The monoisotopic (exact) mass is 331 g/mol. The molecule has 3 rings (SSSR count). The molecular formula is C18H19F2N3O. The van der Waals surface area contributed by atoms with Gasteiger partial charge in [0.05, 0.1) is 0 Å². The second kappa shape index (κ2) is 7.40. The van der Waals surface area contributed by atoms with Crippen molar-refractivity contribution in [3.63, 3.8) is 0 Å². The number of hydrogen-bond acceptors (Lipinski definition) is 2. The Morgan fingerprint density at radius 2 is 1.54 bits per heavy atom. The molecule has 1 aliphatic heterocycles. The van der Waals surface area contributed by atoms with Crippen LogP contribution in [0.3, 0.4) is 0 Å². The van der Waals surface area contributed by atoms with Gasteiger partial charge in [0.1, 0.15) is 17.3 Å². The molecule has 0 unspecified atom stereocenters. The molecule has 2 amide bonds. The molecule has 1 aliphatic rings. The summed E-state index contributed by atoms with van der Waals surface area (Å²) < 4.78 is 27.2. The summed E-state index contributed by atoms with van der Waals surface area (Å²) in [5.41, 5.74) is 0.832. The number of nitrogens with zero attached hydrogens (tertiary/aromatic N) is 2. The molecule has 0 saturated carbocycles. The van der Waals surface area contributed by atoms with Gasteiger partial charge in [-0.05, 0) is 17.7 Å². The Morgan fingerprint density at radius 1 is 0.917 bits per heavy atom. The van der Waals surface area contributed by atoms with Crippen LogP contribution in [0.1, 0.15) is 5.56 Å². The number of benzene rings is 2. The predicted octanol–water partition coefficient (Wildman–Crippen LogP) is 3.31. The van der Waals surface area contributed by atoms with E-state index in [0.29, 0.717) is 13.1 Å². The zero-order valence-electron chi connectivity index (χ0n) is 13.2. The molecule has 1 saturated heterocycles. The molecule has 0 aromatic heterocycles. The zero-order valence-corrected chi connectivity index (χ0v) is 13.2. The lowest BCUT2D eigenvalue weighted by atomic mass is 10.2. The topological polar surface area (TPSA) is 35.6 Å². The Hall–Kier alpha value is -2.47. The lowest BCUT2D eigenvalue weighted by Gasteiger charge is -2.34. The number of piperazine rings is 1.